The van der Waals surface area contributed by atoms with Crippen molar-refractivity contribution < 1.29 is 17.9 Å². The summed E-state index contributed by atoms with van der Waals surface area (Å²) in [6, 6.07) is 13.5. The van der Waals surface area contributed by atoms with E-state index >= 15 is 0 Å². The van der Waals surface area contributed by atoms with Crippen LogP contribution in [0.25, 0.3) is 11.1 Å². The van der Waals surface area contributed by atoms with Crippen molar-refractivity contribution in [2.24, 2.45) is 5.73 Å². The molecular weight excluding hydrogens is 255 g/mol. The van der Waals surface area contributed by atoms with Gasteiger partial charge in [-0.15, -0.1) is 13.2 Å². The number of ether oxygens (including phenoxy) is 1. The van der Waals surface area contributed by atoms with E-state index in [9.17, 15) is 13.2 Å². The van der Waals surface area contributed by atoms with Crippen molar-refractivity contribution in [1.29, 1.82) is 0 Å². The number of hydrogen-bond acceptors (Lipinski definition) is 2. The van der Waals surface area contributed by atoms with E-state index in [1.165, 1.54) is 12.1 Å². The van der Waals surface area contributed by atoms with E-state index in [-0.39, 0.29) is 12.3 Å². The molecule has 2 rings (SSSR count). The van der Waals surface area contributed by atoms with E-state index in [0.717, 1.165) is 5.56 Å². The summed E-state index contributed by atoms with van der Waals surface area (Å²) in [5.41, 5.74) is 7.53. The van der Waals surface area contributed by atoms with Gasteiger partial charge in [-0.25, -0.2) is 0 Å². The van der Waals surface area contributed by atoms with Gasteiger partial charge >= 0.3 is 6.36 Å². The second kappa shape index (κ2) is 5.32. The molecule has 0 atom stereocenters. The number of halogens is 3. The first kappa shape index (κ1) is 13.4. The van der Waals surface area contributed by atoms with Crippen molar-refractivity contribution in [2.75, 3.05) is 0 Å². The van der Waals surface area contributed by atoms with Crippen molar-refractivity contribution >= 4 is 0 Å². The molecule has 0 unspecified atom stereocenters. The predicted molar refractivity (Wildman–Crippen MR) is 66.5 cm³/mol. The Labute approximate surface area is 108 Å². The molecule has 19 heavy (non-hydrogen) atoms. The minimum atomic E-state index is -4.71. The zero-order valence-corrected chi connectivity index (χ0v) is 9.95. The monoisotopic (exact) mass is 267 g/mol. The van der Waals surface area contributed by atoms with Gasteiger partial charge in [0.1, 0.15) is 5.75 Å². The number of benzene rings is 2. The molecule has 0 radical (unpaired) electrons. The second-order valence-corrected chi connectivity index (χ2v) is 3.98. The smallest absolute Gasteiger partial charge is 0.406 e. The van der Waals surface area contributed by atoms with E-state index < -0.39 is 6.36 Å². The second-order valence-electron chi connectivity index (χ2n) is 3.98. The van der Waals surface area contributed by atoms with Crippen molar-refractivity contribution in [3.05, 3.63) is 54.1 Å². The fraction of sp³-hybridized carbons (Fsp3) is 0.143. The summed E-state index contributed by atoms with van der Waals surface area (Å²) < 4.78 is 40.7. The van der Waals surface area contributed by atoms with Crippen LogP contribution in [-0.4, -0.2) is 6.36 Å². The summed E-state index contributed by atoms with van der Waals surface area (Å²) >= 11 is 0. The summed E-state index contributed by atoms with van der Waals surface area (Å²) in [6.07, 6.45) is -4.71. The summed E-state index contributed by atoms with van der Waals surface area (Å²) in [7, 11) is 0. The molecule has 0 spiro atoms. The van der Waals surface area contributed by atoms with Crippen LogP contribution in [0.5, 0.6) is 5.75 Å². The Bertz CT molecular complexity index is 552. The molecule has 100 valence electrons. The zero-order valence-electron chi connectivity index (χ0n) is 9.95. The lowest BCUT2D eigenvalue weighted by Crippen LogP contribution is -2.17. The molecule has 0 heterocycles. The van der Waals surface area contributed by atoms with Gasteiger partial charge in [0.15, 0.2) is 0 Å². The molecule has 0 saturated carbocycles. The third-order valence-electron chi connectivity index (χ3n) is 2.54. The Balaban J connectivity index is 2.42. The fourth-order valence-corrected chi connectivity index (χ4v) is 1.77. The number of alkyl halides is 3. The van der Waals surface area contributed by atoms with Gasteiger partial charge in [0, 0.05) is 6.54 Å². The van der Waals surface area contributed by atoms with Gasteiger partial charge in [0.25, 0.3) is 0 Å². The molecule has 5 heteroatoms. The van der Waals surface area contributed by atoms with Crippen molar-refractivity contribution in [2.45, 2.75) is 12.9 Å². The SMILES string of the molecule is NCc1cc(OC(F)(F)F)cc(-c2ccccc2)c1. The largest absolute Gasteiger partial charge is 0.573 e. The van der Waals surface area contributed by atoms with Gasteiger partial charge in [-0.3, -0.25) is 0 Å². The average Bonchev–Trinajstić information content (AvgIpc) is 2.37. The maximum atomic E-state index is 12.3. The highest BCUT2D eigenvalue weighted by Crippen LogP contribution is 2.29. The summed E-state index contributed by atoms with van der Waals surface area (Å²) in [5.74, 6) is -0.255. The third-order valence-corrected chi connectivity index (χ3v) is 2.54. The molecule has 2 aromatic carbocycles. The lowest BCUT2D eigenvalue weighted by molar-refractivity contribution is -0.274. The van der Waals surface area contributed by atoms with E-state index in [2.05, 4.69) is 4.74 Å². The van der Waals surface area contributed by atoms with E-state index in [0.29, 0.717) is 11.1 Å². The highest BCUT2D eigenvalue weighted by atomic mass is 19.4. The minimum Gasteiger partial charge on any atom is -0.406 e. The van der Waals surface area contributed by atoms with Crippen LogP contribution in [0.1, 0.15) is 5.56 Å². The van der Waals surface area contributed by atoms with Crippen LogP contribution in [0.2, 0.25) is 0 Å². The zero-order chi connectivity index (χ0) is 13.9. The van der Waals surface area contributed by atoms with E-state index in [4.69, 9.17) is 5.73 Å². The summed E-state index contributed by atoms with van der Waals surface area (Å²) in [5, 5.41) is 0. The van der Waals surface area contributed by atoms with Crippen LogP contribution in [0.4, 0.5) is 13.2 Å². The number of nitrogens with two attached hydrogens (primary N) is 1. The Morgan fingerprint density at radius 3 is 2.21 bits per heavy atom. The quantitative estimate of drug-likeness (QED) is 0.920. The Kier molecular flexibility index (Phi) is 3.76. The topological polar surface area (TPSA) is 35.2 Å². The number of rotatable bonds is 3. The molecule has 2 N–H and O–H groups in total. The average molecular weight is 267 g/mol. The Hall–Kier alpha value is -2.01. The molecular formula is C14H12F3NO. The first-order valence-corrected chi connectivity index (χ1v) is 5.63. The van der Waals surface area contributed by atoms with Crippen molar-refractivity contribution in [1.82, 2.24) is 0 Å². The lowest BCUT2D eigenvalue weighted by atomic mass is 10.0. The maximum absolute atomic E-state index is 12.3. The lowest BCUT2D eigenvalue weighted by Gasteiger charge is -2.12. The minimum absolute atomic E-state index is 0.148. The third kappa shape index (κ3) is 3.72. The van der Waals surface area contributed by atoms with Gasteiger partial charge in [-0.1, -0.05) is 30.3 Å². The number of hydrogen-bond donors (Lipinski definition) is 1. The Morgan fingerprint density at radius 1 is 0.947 bits per heavy atom. The van der Waals surface area contributed by atoms with Gasteiger partial charge in [0.2, 0.25) is 0 Å². The van der Waals surface area contributed by atoms with E-state index in [1.54, 1.807) is 6.07 Å². The summed E-state index contributed by atoms with van der Waals surface area (Å²) in [4.78, 5) is 0. The van der Waals surface area contributed by atoms with Crippen LogP contribution in [0.3, 0.4) is 0 Å². The molecule has 2 nitrogen and oxygen atoms in total. The Morgan fingerprint density at radius 2 is 1.63 bits per heavy atom. The molecule has 0 aliphatic heterocycles. The van der Waals surface area contributed by atoms with Crippen LogP contribution in [-0.2, 0) is 6.54 Å². The van der Waals surface area contributed by atoms with Crippen molar-refractivity contribution in [3.8, 4) is 16.9 Å². The molecule has 0 amide bonds. The molecule has 0 bridgehead atoms. The van der Waals surface area contributed by atoms with Crippen LogP contribution in [0, 0.1) is 0 Å². The maximum Gasteiger partial charge on any atom is 0.573 e. The van der Waals surface area contributed by atoms with Crippen LogP contribution >= 0.6 is 0 Å². The van der Waals surface area contributed by atoms with Crippen LogP contribution in [0.15, 0.2) is 48.5 Å². The normalized spacial score (nSPS) is 11.4. The molecule has 0 aliphatic rings. The first-order chi connectivity index (χ1) is 8.98. The molecule has 0 aliphatic carbocycles. The fourth-order valence-electron chi connectivity index (χ4n) is 1.77. The van der Waals surface area contributed by atoms with E-state index in [1.807, 2.05) is 30.3 Å². The molecule has 2 aromatic rings. The summed E-state index contributed by atoms with van der Waals surface area (Å²) in [6.45, 7) is 0.148. The van der Waals surface area contributed by atoms with Gasteiger partial charge in [-0.05, 0) is 34.9 Å². The highest BCUT2D eigenvalue weighted by molar-refractivity contribution is 5.66. The molecule has 0 fully saturated rings. The predicted octanol–water partition coefficient (Wildman–Crippen LogP) is 3.71. The molecule has 0 saturated heterocycles. The standard InChI is InChI=1S/C14H12F3NO/c15-14(16,17)19-13-7-10(9-18)6-12(8-13)11-4-2-1-3-5-11/h1-8H,9,18H2. The molecule has 0 aromatic heterocycles. The van der Waals surface area contributed by atoms with Gasteiger partial charge < -0.3 is 10.5 Å². The first-order valence-electron chi connectivity index (χ1n) is 5.63. The van der Waals surface area contributed by atoms with Gasteiger partial charge in [-0.2, -0.15) is 0 Å². The van der Waals surface area contributed by atoms with Gasteiger partial charge in [0.05, 0.1) is 0 Å². The van der Waals surface area contributed by atoms with Crippen LogP contribution < -0.4 is 10.5 Å². The highest BCUT2D eigenvalue weighted by Gasteiger charge is 2.31. The van der Waals surface area contributed by atoms with Crippen molar-refractivity contribution in [3.63, 3.8) is 0 Å².